The lowest BCUT2D eigenvalue weighted by Crippen LogP contribution is -2.15. The standard InChI is InChI=1S/C17H23NS/c1-2-11-18-12-5-6-13-19-17-10-9-15-7-3-4-8-16(15)14-17/h3-4,7-10,14,18H,2,5-6,11-13H2,1H3. The van der Waals surface area contributed by atoms with Crippen molar-refractivity contribution in [2.75, 3.05) is 18.8 Å². The summed E-state index contributed by atoms with van der Waals surface area (Å²) in [6.07, 6.45) is 3.79. The zero-order chi connectivity index (χ0) is 13.3. The molecule has 2 rings (SSSR count). The lowest BCUT2D eigenvalue weighted by atomic mass is 10.1. The van der Waals surface area contributed by atoms with Gasteiger partial charge in [0, 0.05) is 4.90 Å². The number of hydrogen-bond acceptors (Lipinski definition) is 2. The Labute approximate surface area is 120 Å². The molecule has 0 aliphatic heterocycles. The molecule has 19 heavy (non-hydrogen) atoms. The minimum absolute atomic E-state index is 1.15. The molecule has 0 aliphatic carbocycles. The van der Waals surface area contributed by atoms with Crippen molar-refractivity contribution >= 4 is 22.5 Å². The van der Waals surface area contributed by atoms with Gasteiger partial charge in [0.1, 0.15) is 0 Å². The molecule has 0 fully saturated rings. The van der Waals surface area contributed by atoms with Crippen LogP contribution in [-0.4, -0.2) is 18.8 Å². The van der Waals surface area contributed by atoms with Gasteiger partial charge in [-0.2, -0.15) is 0 Å². The first-order valence-electron chi connectivity index (χ1n) is 7.22. The Balaban J connectivity index is 1.72. The number of fused-ring (bicyclic) bond motifs is 1. The summed E-state index contributed by atoms with van der Waals surface area (Å²) in [7, 11) is 0. The first-order chi connectivity index (χ1) is 9.40. The van der Waals surface area contributed by atoms with Crippen LogP contribution in [0.2, 0.25) is 0 Å². The summed E-state index contributed by atoms with van der Waals surface area (Å²) in [5, 5.41) is 6.12. The average Bonchev–Trinajstić information content (AvgIpc) is 2.46. The summed E-state index contributed by atoms with van der Waals surface area (Å²) in [4.78, 5) is 1.39. The maximum atomic E-state index is 3.45. The fourth-order valence-corrected chi connectivity index (χ4v) is 3.06. The largest absolute Gasteiger partial charge is 0.317 e. The zero-order valence-electron chi connectivity index (χ0n) is 11.7. The van der Waals surface area contributed by atoms with E-state index in [1.165, 1.54) is 40.7 Å². The van der Waals surface area contributed by atoms with Gasteiger partial charge in [0.15, 0.2) is 0 Å². The van der Waals surface area contributed by atoms with Gasteiger partial charge in [0.25, 0.3) is 0 Å². The van der Waals surface area contributed by atoms with Crippen LogP contribution in [0.1, 0.15) is 26.2 Å². The van der Waals surface area contributed by atoms with Gasteiger partial charge in [-0.3, -0.25) is 0 Å². The highest BCUT2D eigenvalue weighted by Crippen LogP contribution is 2.24. The van der Waals surface area contributed by atoms with E-state index in [1.807, 2.05) is 11.8 Å². The molecule has 0 bridgehead atoms. The molecule has 1 N–H and O–H groups in total. The number of rotatable bonds is 8. The molecule has 0 saturated carbocycles. The third-order valence-corrected chi connectivity index (χ3v) is 4.24. The van der Waals surface area contributed by atoms with Crippen molar-refractivity contribution in [3.05, 3.63) is 42.5 Å². The molecule has 2 heteroatoms. The van der Waals surface area contributed by atoms with E-state index < -0.39 is 0 Å². The summed E-state index contributed by atoms with van der Waals surface area (Å²) >= 11 is 1.97. The Morgan fingerprint density at radius 3 is 2.63 bits per heavy atom. The Morgan fingerprint density at radius 1 is 0.947 bits per heavy atom. The van der Waals surface area contributed by atoms with Crippen LogP contribution in [0.3, 0.4) is 0 Å². The van der Waals surface area contributed by atoms with Crippen LogP contribution in [0, 0.1) is 0 Å². The lowest BCUT2D eigenvalue weighted by molar-refractivity contribution is 0.635. The maximum Gasteiger partial charge on any atom is 0.00783 e. The highest BCUT2D eigenvalue weighted by Gasteiger charge is 1.97. The summed E-state index contributed by atoms with van der Waals surface area (Å²) < 4.78 is 0. The van der Waals surface area contributed by atoms with Crippen LogP contribution in [0.4, 0.5) is 0 Å². The number of hydrogen-bond donors (Lipinski definition) is 1. The van der Waals surface area contributed by atoms with Crippen molar-refractivity contribution in [3.63, 3.8) is 0 Å². The molecule has 0 aromatic heterocycles. The minimum atomic E-state index is 1.15. The molecular formula is C17H23NS. The molecule has 0 heterocycles. The SMILES string of the molecule is CCCNCCCCSc1ccc2ccccc2c1. The van der Waals surface area contributed by atoms with Gasteiger partial charge in [0.05, 0.1) is 0 Å². The van der Waals surface area contributed by atoms with E-state index in [-0.39, 0.29) is 0 Å². The van der Waals surface area contributed by atoms with E-state index in [0.717, 1.165) is 13.1 Å². The van der Waals surface area contributed by atoms with E-state index >= 15 is 0 Å². The van der Waals surface area contributed by atoms with Gasteiger partial charge in [-0.05, 0) is 61.0 Å². The lowest BCUT2D eigenvalue weighted by Gasteiger charge is -2.05. The van der Waals surface area contributed by atoms with Crippen molar-refractivity contribution in [1.82, 2.24) is 5.32 Å². The van der Waals surface area contributed by atoms with Crippen molar-refractivity contribution < 1.29 is 0 Å². The van der Waals surface area contributed by atoms with E-state index in [9.17, 15) is 0 Å². The molecule has 0 atom stereocenters. The Kier molecular flexibility index (Phi) is 6.25. The maximum absolute atomic E-state index is 3.45. The third kappa shape index (κ3) is 4.88. The van der Waals surface area contributed by atoms with Gasteiger partial charge in [-0.25, -0.2) is 0 Å². The van der Waals surface area contributed by atoms with Crippen LogP contribution in [0.25, 0.3) is 10.8 Å². The molecule has 0 amide bonds. The molecule has 0 aliphatic rings. The Bertz CT molecular complexity index is 495. The first-order valence-corrected chi connectivity index (χ1v) is 8.21. The summed E-state index contributed by atoms with van der Waals surface area (Å²) in [5.74, 6) is 1.21. The van der Waals surface area contributed by atoms with E-state index in [1.54, 1.807) is 0 Å². The highest BCUT2D eigenvalue weighted by atomic mass is 32.2. The summed E-state index contributed by atoms with van der Waals surface area (Å²) in [6.45, 7) is 4.52. The third-order valence-electron chi connectivity index (χ3n) is 3.16. The average molecular weight is 273 g/mol. The summed E-state index contributed by atoms with van der Waals surface area (Å²) in [5.41, 5.74) is 0. The van der Waals surface area contributed by atoms with Crippen LogP contribution in [0.5, 0.6) is 0 Å². The summed E-state index contributed by atoms with van der Waals surface area (Å²) in [6, 6.07) is 15.3. The molecule has 0 saturated heterocycles. The fraction of sp³-hybridized carbons (Fsp3) is 0.412. The number of benzene rings is 2. The predicted molar refractivity (Wildman–Crippen MR) is 87.1 cm³/mol. The number of unbranched alkanes of at least 4 members (excludes halogenated alkanes) is 1. The van der Waals surface area contributed by atoms with Gasteiger partial charge in [-0.1, -0.05) is 37.3 Å². The smallest absolute Gasteiger partial charge is 0.00783 e. The van der Waals surface area contributed by atoms with Gasteiger partial charge in [0.2, 0.25) is 0 Å². The number of thioether (sulfide) groups is 1. The molecule has 0 unspecified atom stereocenters. The van der Waals surface area contributed by atoms with Crippen LogP contribution in [0.15, 0.2) is 47.4 Å². The van der Waals surface area contributed by atoms with Crippen LogP contribution >= 0.6 is 11.8 Å². The van der Waals surface area contributed by atoms with E-state index in [4.69, 9.17) is 0 Å². The molecule has 0 spiro atoms. The zero-order valence-corrected chi connectivity index (χ0v) is 12.5. The molecule has 2 aromatic rings. The highest BCUT2D eigenvalue weighted by molar-refractivity contribution is 7.99. The van der Waals surface area contributed by atoms with Crippen molar-refractivity contribution in [3.8, 4) is 0 Å². The van der Waals surface area contributed by atoms with Gasteiger partial charge < -0.3 is 5.32 Å². The topological polar surface area (TPSA) is 12.0 Å². The van der Waals surface area contributed by atoms with Gasteiger partial charge in [-0.15, -0.1) is 11.8 Å². The fourth-order valence-electron chi connectivity index (χ4n) is 2.10. The van der Waals surface area contributed by atoms with Gasteiger partial charge >= 0.3 is 0 Å². The van der Waals surface area contributed by atoms with E-state index in [0.29, 0.717) is 0 Å². The molecule has 1 nitrogen and oxygen atoms in total. The van der Waals surface area contributed by atoms with Crippen molar-refractivity contribution in [2.24, 2.45) is 0 Å². The molecule has 2 aromatic carbocycles. The van der Waals surface area contributed by atoms with Crippen LogP contribution in [-0.2, 0) is 0 Å². The normalized spacial score (nSPS) is 11.0. The predicted octanol–water partition coefficient (Wildman–Crippen LogP) is 4.71. The first kappa shape index (κ1) is 14.4. The second kappa shape index (κ2) is 8.23. The minimum Gasteiger partial charge on any atom is -0.317 e. The Morgan fingerprint density at radius 2 is 1.79 bits per heavy atom. The second-order valence-corrected chi connectivity index (χ2v) is 5.98. The quantitative estimate of drug-likeness (QED) is 0.552. The molecular weight excluding hydrogens is 250 g/mol. The Hall–Kier alpha value is -0.990. The molecule has 102 valence electrons. The monoisotopic (exact) mass is 273 g/mol. The van der Waals surface area contributed by atoms with E-state index in [2.05, 4.69) is 54.7 Å². The number of nitrogens with one attached hydrogen (secondary N) is 1. The molecule has 0 radical (unpaired) electrons. The second-order valence-electron chi connectivity index (χ2n) is 4.81. The van der Waals surface area contributed by atoms with Crippen molar-refractivity contribution in [2.45, 2.75) is 31.1 Å². The van der Waals surface area contributed by atoms with Crippen molar-refractivity contribution in [1.29, 1.82) is 0 Å². The van der Waals surface area contributed by atoms with Crippen LogP contribution < -0.4 is 5.32 Å².